The molecule has 0 N–H and O–H groups in total. The van der Waals surface area contributed by atoms with Crippen molar-refractivity contribution in [3.05, 3.63) is 212 Å². The van der Waals surface area contributed by atoms with Gasteiger partial charge in [-0.1, -0.05) is 127 Å². The van der Waals surface area contributed by atoms with Crippen LogP contribution in [0.15, 0.2) is 217 Å². The molecule has 0 unspecified atom stereocenters. The fraction of sp³-hybridized carbons (Fsp3) is 0. The van der Waals surface area contributed by atoms with Gasteiger partial charge in [0.2, 0.25) is 5.89 Å². The first-order valence-corrected chi connectivity index (χ1v) is 18.5. The van der Waals surface area contributed by atoms with Crippen LogP contribution in [-0.2, 0) is 0 Å². The maximum atomic E-state index is 6.76. The standard InChI is InChI=1S/C51H35N3O/c1-5-16-36(17-6-1)37-28-30-42(31-29-37)54(41-23-11-4-12-24-41)43-25-15-18-38(34-43)51-52-49-46-33-32-44(35-48(46)45-26-13-14-27-47(45)50(49)55-51)53(39-19-7-2-8-20-39)40-21-9-3-10-22-40/h1-35H. The van der Waals surface area contributed by atoms with Crippen molar-refractivity contribution in [2.24, 2.45) is 0 Å². The third-order valence-electron chi connectivity index (χ3n) is 10.2. The zero-order chi connectivity index (χ0) is 36.6. The number of para-hydroxylation sites is 3. The summed E-state index contributed by atoms with van der Waals surface area (Å²) in [7, 11) is 0. The van der Waals surface area contributed by atoms with Crippen LogP contribution in [0.2, 0.25) is 0 Å². The van der Waals surface area contributed by atoms with Gasteiger partial charge in [-0.15, -0.1) is 0 Å². The number of rotatable bonds is 8. The van der Waals surface area contributed by atoms with Gasteiger partial charge in [0.25, 0.3) is 0 Å². The quantitative estimate of drug-likeness (QED) is 0.147. The summed E-state index contributed by atoms with van der Waals surface area (Å²) in [6.07, 6.45) is 0. The second-order valence-electron chi connectivity index (χ2n) is 13.6. The number of anilines is 6. The molecule has 4 heteroatoms. The van der Waals surface area contributed by atoms with Gasteiger partial charge in [0.05, 0.1) is 0 Å². The average molecular weight is 706 g/mol. The molecule has 0 saturated carbocycles. The minimum atomic E-state index is 0.584. The number of benzene rings is 9. The third kappa shape index (κ3) is 5.96. The van der Waals surface area contributed by atoms with Gasteiger partial charge in [-0.2, -0.15) is 0 Å². The highest BCUT2D eigenvalue weighted by molar-refractivity contribution is 6.23. The van der Waals surface area contributed by atoms with E-state index in [1.54, 1.807) is 0 Å². The molecule has 0 atom stereocenters. The van der Waals surface area contributed by atoms with Gasteiger partial charge >= 0.3 is 0 Å². The lowest BCUT2D eigenvalue weighted by Gasteiger charge is -2.26. The van der Waals surface area contributed by atoms with Crippen LogP contribution < -0.4 is 9.80 Å². The average Bonchev–Trinajstić information content (AvgIpc) is 3.72. The van der Waals surface area contributed by atoms with Gasteiger partial charge in [-0.05, 0) is 107 Å². The molecule has 0 amide bonds. The summed E-state index contributed by atoms with van der Waals surface area (Å²) < 4.78 is 6.76. The second kappa shape index (κ2) is 13.8. The van der Waals surface area contributed by atoms with E-state index in [0.29, 0.717) is 5.89 Å². The van der Waals surface area contributed by atoms with Crippen molar-refractivity contribution in [3.63, 3.8) is 0 Å². The first kappa shape index (κ1) is 32.2. The predicted molar refractivity (Wildman–Crippen MR) is 229 cm³/mol. The first-order valence-electron chi connectivity index (χ1n) is 18.5. The molecule has 260 valence electrons. The summed E-state index contributed by atoms with van der Waals surface area (Å²) in [5, 5.41) is 4.33. The van der Waals surface area contributed by atoms with Crippen molar-refractivity contribution < 1.29 is 4.42 Å². The number of hydrogen-bond acceptors (Lipinski definition) is 4. The van der Waals surface area contributed by atoms with Gasteiger partial charge in [-0.25, -0.2) is 4.98 Å². The highest BCUT2D eigenvalue weighted by Crippen LogP contribution is 2.43. The van der Waals surface area contributed by atoms with E-state index in [1.807, 2.05) is 12.1 Å². The lowest BCUT2D eigenvalue weighted by Crippen LogP contribution is -2.09. The third-order valence-corrected chi connectivity index (χ3v) is 10.2. The van der Waals surface area contributed by atoms with Gasteiger partial charge in [-0.3, -0.25) is 0 Å². The van der Waals surface area contributed by atoms with E-state index in [9.17, 15) is 0 Å². The Morgan fingerprint density at radius 3 is 1.38 bits per heavy atom. The molecule has 0 aliphatic carbocycles. The zero-order valence-corrected chi connectivity index (χ0v) is 30.0. The fourth-order valence-electron chi connectivity index (χ4n) is 7.66. The topological polar surface area (TPSA) is 32.5 Å². The molecule has 10 rings (SSSR count). The normalized spacial score (nSPS) is 11.3. The SMILES string of the molecule is c1ccc(-c2ccc(N(c3ccccc3)c3cccc(-c4nc5c6ccc(N(c7ccccc7)c7ccccc7)cc6c6ccccc6c5o4)c3)cc2)cc1. The van der Waals surface area contributed by atoms with E-state index in [2.05, 4.69) is 210 Å². The number of hydrogen-bond donors (Lipinski definition) is 0. The molecule has 4 nitrogen and oxygen atoms in total. The minimum Gasteiger partial charge on any atom is -0.435 e. The van der Waals surface area contributed by atoms with Crippen molar-refractivity contribution in [1.29, 1.82) is 0 Å². The molecule has 0 fully saturated rings. The van der Waals surface area contributed by atoms with Crippen LogP contribution in [0.1, 0.15) is 0 Å². The predicted octanol–water partition coefficient (Wildman–Crippen LogP) is 14.4. The van der Waals surface area contributed by atoms with Crippen molar-refractivity contribution in [3.8, 4) is 22.6 Å². The molecule has 10 aromatic rings. The van der Waals surface area contributed by atoms with E-state index in [1.165, 1.54) is 11.1 Å². The van der Waals surface area contributed by atoms with Crippen LogP contribution >= 0.6 is 0 Å². The van der Waals surface area contributed by atoms with Crippen LogP contribution in [0.3, 0.4) is 0 Å². The summed E-state index contributed by atoms with van der Waals surface area (Å²) >= 11 is 0. The Balaban J connectivity index is 1.09. The van der Waals surface area contributed by atoms with Crippen molar-refractivity contribution in [2.75, 3.05) is 9.80 Å². The van der Waals surface area contributed by atoms with Crippen LogP contribution in [-0.4, -0.2) is 4.98 Å². The van der Waals surface area contributed by atoms with E-state index < -0.39 is 0 Å². The molecule has 1 heterocycles. The Labute approximate surface area is 319 Å². The molecule has 0 spiro atoms. The van der Waals surface area contributed by atoms with E-state index in [0.717, 1.165) is 72.3 Å². The minimum absolute atomic E-state index is 0.584. The number of aromatic nitrogens is 1. The zero-order valence-electron chi connectivity index (χ0n) is 30.0. The van der Waals surface area contributed by atoms with Gasteiger partial charge < -0.3 is 14.2 Å². The maximum absolute atomic E-state index is 6.76. The molecular weight excluding hydrogens is 671 g/mol. The Hall–Kier alpha value is -7.43. The van der Waals surface area contributed by atoms with E-state index in [-0.39, 0.29) is 0 Å². The summed E-state index contributed by atoms with van der Waals surface area (Å²) in [5.41, 5.74) is 11.3. The Morgan fingerprint density at radius 1 is 0.309 bits per heavy atom. The molecule has 0 bridgehead atoms. The number of fused-ring (bicyclic) bond motifs is 6. The van der Waals surface area contributed by atoms with Gasteiger partial charge in [0, 0.05) is 50.5 Å². The first-order chi connectivity index (χ1) is 27.3. The fourth-order valence-corrected chi connectivity index (χ4v) is 7.66. The monoisotopic (exact) mass is 705 g/mol. The van der Waals surface area contributed by atoms with Crippen molar-refractivity contribution >= 4 is 66.8 Å². The van der Waals surface area contributed by atoms with E-state index in [4.69, 9.17) is 9.40 Å². The number of oxazole rings is 1. The summed E-state index contributed by atoms with van der Waals surface area (Å²) in [4.78, 5) is 9.82. The van der Waals surface area contributed by atoms with Crippen LogP contribution in [0.4, 0.5) is 34.1 Å². The Kier molecular flexibility index (Phi) is 8.12. The summed E-state index contributed by atoms with van der Waals surface area (Å²) in [6, 6.07) is 74.3. The van der Waals surface area contributed by atoms with Crippen molar-refractivity contribution in [1.82, 2.24) is 4.98 Å². The van der Waals surface area contributed by atoms with Crippen LogP contribution in [0.25, 0.3) is 55.2 Å². The Morgan fingerprint density at radius 2 is 0.764 bits per heavy atom. The molecule has 0 aliphatic heterocycles. The van der Waals surface area contributed by atoms with Gasteiger partial charge in [0.15, 0.2) is 5.58 Å². The maximum Gasteiger partial charge on any atom is 0.227 e. The number of nitrogens with zero attached hydrogens (tertiary/aromatic N) is 3. The van der Waals surface area contributed by atoms with Crippen LogP contribution in [0, 0.1) is 0 Å². The van der Waals surface area contributed by atoms with Crippen LogP contribution in [0.5, 0.6) is 0 Å². The highest BCUT2D eigenvalue weighted by atomic mass is 16.3. The molecular formula is C51H35N3O. The molecule has 0 aliphatic rings. The largest absolute Gasteiger partial charge is 0.435 e. The van der Waals surface area contributed by atoms with E-state index >= 15 is 0 Å². The summed E-state index contributed by atoms with van der Waals surface area (Å²) in [6.45, 7) is 0. The second-order valence-corrected chi connectivity index (χ2v) is 13.6. The smallest absolute Gasteiger partial charge is 0.227 e. The van der Waals surface area contributed by atoms with Gasteiger partial charge in [0.1, 0.15) is 5.52 Å². The van der Waals surface area contributed by atoms with Crippen molar-refractivity contribution in [2.45, 2.75) is 0 Å². The highest BCUT2D eigenvalue weighted by Gasteiger charge is 2.20. The molecule has 1 aromatic heterocycles. The molecule has 55 heavy (non-hydrogen) atoms. The lowest BCUT2D eigenvalue weighted by molar-refractivity contribution is 0.623. The molecule has 0 saturated heterocycles. The lowest BCUT2D eigenvalue weighted by atomic mass is 9.99. The molecule has 0 radical (unpaired) electrons. The molecule has 9 aromatic carbocycles. The Bertz CT molecular complexity index is 2870. The summed E-state index contributed by atoms with van der Waals surface area (Å²) in [5.74, 6) is 0.584.